The van der Waals surface area contributed by atoms with Crippen LogP contribution in [-0.4, -0.2) is 9.78 Å². The highest BCUT2D eigenvalue weighted by Crippen LogP contribution is 1.98. The molecule has 0 unspecified atom stereocenters. The second kappa shape index (κ2) is 2.02. The zero-order valence-corrected chi connectivity index (χ0v) is 5.00. The normalized spacial score (nSPS) is 9.70. The molecule has 0 aromatic carbocycles. The number of pyridine rings is 1. The average Bonchev–Trinajstić information content (AvgIpc) is 1.93. The van der Waals surface area contributed by atoms with Gasteiger partial charge < -0.3 is 10.9 Å². The van der Waals surface area contributed by atoms with Gasteiger partial charge in [-0.05, 0) is 12.1 Å². The molecule has 0 aliphatic rings. The molecular weight excluding hydrogens is 137 g/mol. The SMILES string of the molecule is N=c1c(O)ccc(F)n1N. The Hall–Kier alpha value is -1.52. The van der Waals surface area contributed by atoms with E-state index in [1.54, 1.807) is 0 Å². The number of nitrogen functional groups attached to an aromatic ring is 1. The maximum Gasteiger partial charge on any atom is 0.213 e. The van der Waals surface area contributed by atoms with Crippen molar-refractivity contribution in [1.82, 2.24) is 4.68 Å². The molecule has 5 heteroatoms. The third-order valence-corrected chi connectivity index (χ3v) is 1.09. The van der Waals surface area contributed by atoms with Crippen LogP contribution in [0.25, 0.3) is 0 Å². The van der Waals surface area contributed by atoms with Gasteiger partial charge in [0.1, 0.15) is 0 Å². The van der Waals surface area contributed by atoms with Gasteiger partial charge in [-0.1, -0.05) is 0 Å². The molecule has 0 fully saturated rings. The first-order chi connectivity index (χ1) is 4.63. The van der Waals surface area contributed by atoms with Gasteiger partial charge in [-0.25, -0.2) is 4.68 Å². The molecule has 0 aliphatic carbocycles. The van der Waals surface area contributed by atoms with Crippen LogP contribution in [0, 0.1) is 11.4 Å². The summed E-state index contributed by atoms with van der Waals surface area (Å²) in [6.45, 7) is 0. The molecule has 0 amide bonds. The van der Waals surface area contributed by atoms with Gasteiger partial charge in [0.25, 0.3) is 0 Å². The molecule has 0 radical (unpaired) electrons. The van der Waals surface area contributed by atoms with E-state index in [4.69, 9.17) is 16.4 Å². The van der Waals surface area contributed by atoms with E-state index in [-0.39, 0.29) is 5.75 Å². The van der Waals surface area contributed by atoms with Crippen molar-refractivity contribution in [2.45, 2.75) is 0 Å². The van der Waals surface area contributed by atoms with Gasteiger partial charge in [0, 0.05) is 0 Å². The number of aromatic nitrogens is 1. The van der Waals surface area contributed by atoms with Crippen molar-refractivity contribution < 1.29 is 9.50 Å². The molecule has 0 saturated heterocycles. The molecule has 54 valence electrons. The monoisotopic (exact) mass is 143 g/mol. The zero-order chi connectivity index (χ0) is 7.72. The van der Waals surface area contributed by atoms with E-state index in [2.05, 4.69) is 0 Å². The highest BCUT2D eigenvalue weighted by molar-refractivity contribution is 5.14. The minimum Gasteiger partial charge on any atom is -0.504 e. The highest BCUT2D eigenvalue weighted by Gasteiger charge is 1.98. The van der Waals surface area contributed by atoms with Crippen LogP contribution in [0.4, 0.5) is 4.39 Å². The van der Waals surface area contributed by atoms with E-state index in [0.29, 0.717) is 4.68 Å². The molecule has 4 nitrogen and oxygen atoms in total. The molecule has 1 aromatic heterocycles. The minimum atomic E-state index is -0.761. The first-order valence-corrected chi connectivity index (χ1v) is 2.53. The Bertz CT molecular complexity index is 306. The fourth-order valence-corrected chi connectivity index (χ4v) is 0.537. The van der Waals surface area contributed by atoms with Crippen molar-refractivity contribution in [3.8, 4) is 5.75 Å². The Morgan fingerprint density at radius 1 is 1.60 bits per heavy atom. The van der Waals surface area contributed by atoms with Crippen molar-refractivity contribution in [1.29, 1.82) is 5.41 Å². The van der Waals surface area contributed by atoms with E-state index in [0.717, 1.165) is 12.1 Å². The summed E-state index contributed by atoms with van der Waals surface area (Å²) in [5, 5.41) is 15.7. The van der Waals surface area contributed by atoms with Crippen molar-refractivity contribution in [2.75, 3.05) is 5.84 Å². The number of hydrogen-bond donors (Lipinski definition) is 3. The molecule has 10 heavy (non-hydrogen) atoms. The number of rotatable bonds is 0. The Labute approximate surface area is 55.8 Å². The predicted octanol–water partition coefficient (Wildman–Crippen LogP) is -0.474. The Kier molecular flexibility index (Phi) is 1.33. The van der Waals surface area contributed by atoms with Crippen LogP contribution in [-0.2, 0) is 0 Å². The third-order valence-electron chi connectivity index (χ3n) is 1.09. The van der Waals surface area contributed by atoms with Crippen LogP contribution in [0.1, 0.15) is 0 Å². The average molecular weight is 143 g/mol. The lowest BCUT2D eigenvalue weighted by Gasteiger charge is -2.00. The largest absolute Gasteiger partial charge is 0.504 e. The number of nitrogens with one attached hydrogen (secondary N) is 1. The van der Waals surface area contributed by atoms with Gasteiger partial charge in [-0.3, -0.25) is 5.41 Å². The van der Waals surface area contributed by atoms with Crippen molar-refractivity contribution in [2.24, 2.45) is 0 Å². The summed E-state index contributed by atoms with van der Waals surface area (Å²) in [6.07, 6.45) is 0. The standard InChI is InChI=1S/C5H6FN3O/c6-4-2-1-3(10)5(7)9(4)8/h1-2,7,10H,8H2. The van der Waals surface area contributed by atoms with Crippen molar-refractivity contribution in [3.63, 3.8) is 0 Å². The lowest BCUT2D eigenvalue weighted by atomic mass is 10.4. The first-order valence-electron chi connectivity index (χ1n) is 2.53. The Balaban J connectivity index is 3.50. The predicted molar refractivity (Wildman–Crippen MR) is 32.1 cm³/mol. The number of halogens is 1. The maximum atomic E-state index is 12.4. The molecule has 0 aliphatic heterocycles. The van der Waals surface area contributed by atoms with E-state index in [9.17, 15) is 4.39 Å². The zero-order valence-electron chi connectivity index (χ0n) is 5.00. The van der Waals surface area contributed by atoms with E-state index in [1.807, 2.05) is 0 Å². The molecular formula is C5H6FN3O. The Morgan fingerprint density at radius 3 is 2.70 bits per heavy atom. The smallest absolute Gasteiger partial charge is 0.213 e. The molecule has 0 saturated carbocycles. The van der Waals surface area contributed by atoms with Crippen LogP contribution in [0.5, 0.6) is 5.75 Å². The van der Waals surface area contributed by atoms with Crippen LogP contribution in [0.15, 0.2) is 12.1 Å². The molecule has 1 rings (SSSR count). The van der Waals surface area contributed by atoms with Crippen LogP contribution < -0.4 is 11.3 Å². The summed E-state index contributed by atoms with van der Waals surface area (Å²) < 4.78 is 12.8. The van der Waals surface area contributed by atoms with E-state index in [1.165, 1.54) is 0 Å². The molecule has 1 heterocycles. The molecule has 0 spiro atoms. The molecule has 0 atom stereocenters. The van der Waals surface area contributed by atoms with Gasteiger partial charge in [0.2, 0.25) is 5.95 Å². The van der Waals surface area contributed by atoms with Crippen molar-refractivity contribution in [3.05, 3.63) is 23.6 Å². The summed E-state index contributed by atoms with van der Waals surface area (Å²) >= 11 is 0. The summed E-state index contributed by atoms with van der Waals surface area (Å²) in [4.78, 5) is 0. The van der Waals surface area contributed by atoms with Gasteiger partial charge in [0.15, 0.2) is 11.2 Å². The lowest BCUT2D eigenvalue weighted by molar-refractivity contribution is 0.440. The second-order valence-corrected chi connectivity index (χ2v) is 1.76. The van der Waals surface area contributed by atoms with Gasteiger partial charge >= 0.3 is 0 Å². The molecule has 1 aromatic rings. The quantitative estimate of drug-likeness (QED) is 0.339. The number of nitrogens with zero attached hydrogens (tertiary/aromatic N) is 1. The minimum absolute atomic E-state index is 0.344. The third kappa shape index (κ3) is 0.812. The first kappa shape index (κ1) is 6.60. The summed E-state index contributed by atoms with van der Waals surface area (Å²) in [6, 6.07) is 2.05. The molecule has 0 bridgehead atoms. The Morgan fingerprint density at radius 2 is 2.20 bits per heavy atom. The molecule has 4 N–H and O–H groups in total. The maximum absolute atomic E-state index is 12.4. The fourth-order valence-electron chi connectivity index (χ4n) is 0.537. The number of hydrogen-bond acceptors (Lipinski definition) is 3. The van der Waals surface area contributed by atoms with Gasteiger partial charge in [0.05, 0.1) is 0 Å². The van der Waals surface area contributed by atoms with Crippen LogP contribution >= 0.6 is 0 Å². The second-order valence-electron chi connectivity index (χ2n) is 1.76. The summed E-state index contributed by atoms with van der Waals surface area (Å²) in [5.41, 5.74) is -0.444. The van der Waals surface area contributed by atoms with Crippen molar-refractivity contribution >= 4 is 0 Å². The van der Waals surface area contributed by atoms with Crippen LogP contribution in [0.3, 0.4) is 0 Å². The fraction of sp³-hybridized carbons (Fsp3) is 0. The topological polar surface area (TPSA) is 75.0 Å². The lowest BCUT2D eigenvalue weighted by Crippen LogP contribution is -2.29. The summed E-state index contributed by atoms with van der Waals surface area (Å²) in [5.74, 6) is 3.87. The van der Waals surface area contributed by atoms with Crippen LogP contribution in [0.2, 0.25) is 0 Å². The van der Waals surface area contributed by atoms with Gasteiger partial charge in [-0.15, -0.1) is 0 Å². The highest BCUT2D eigenvalue weighted by atomic mass is 19.1. The number of aromatic hydroxyl groups is 1. The van der Waals surface area contributed by atoms with E-state index >= 15 is 0 Å². The number of nitrogens with two attached hydrogens (primary N) is 1. The summed E-state index contributed by atoms with van der Waals surface area (Å²) in [7, 11) is 0. The van der Waals surface area contributed by atoms with E-state index < -0.39 is 11.4 Å². The van der Waals surface area contributed by atoms with Gasteiger partial charge in [-0.2, -0.15) is 4.39 Å².